The molecule has 0 amide bonds. The van der Waals surface area contributed by atoms with Gasteiger partial charge in [0.2, 0.25) is 0 Å². The van der Waals surface area contributed by atoms with Crippen LogP contribution >= 0.6 is 0 Å². The zero-order valence-electron chi connectivity index (χ0n) is 12.5. The first-order valence-electron chi connectivity index (χ1n) is 7.93. The third-order valence-electron chi connectivity index (χ3n) is 4.33. The van der Waals surface area contributed by atoms with Crippen molar-refractivity contribution in [3.63, 3.8) is 0 Å². The Morgan fingerprint density at radius 3 is 2.84 bits per heavy atom. The maximum atomic E-state index is 4.56. The van der Waals surface area contributed by atoms with Crippen molar-refractivity contribution in [2.75, 3.05) is 6.54 Å². The molecule has 1 unspecified atom stereocenters. The number of aromatic nitrogens is 1. The number of nitrogens with one attached hydrogen (secondary N) is 1. The molecule has 0 saturated heterocycles. The summed E-state index contributed by atoms with van der Waals surface area (Å²) in [6, 6.07) is 4.82. The van der Waals surface area contributed by atoms with E-state index in [4.69, 9.17) is 0 Å². The van der Waals surface area contributed by atoms with Gasteiger partial charge in [-0.3, -0.25) is 4.98 Å². The van der Waals surface area contributed by atoms with Crippen molar-refractivity contribution in [1.29, 1.82) is 0 Å². The Labute approximate surface area is 118 Å². The summed E-state index contributed by atoms with van der Waals surface area (Å²) in [4.78, 5) is 4.56. The van der Waals surface area contributed by atoms with Crippen LogP contribution in [0.1, 0.15) is 56.7 Å². The van der Waals surface area contributed by atoms with E-state index in [2.05, 4.69) is 30.2 Å². The Bertz CT molecular complexity index is 369. The predicted octanol–water partition coefficient (Wildman–Crippen LogP) is 3.88. The van der Waals surface area contributed by atoms with Crippen LogP contribution in [-0.4, -0.2) is 17.6 Å². The predicted molar refractivity (Wildman–Crippen MR) is 81.3 cm³/mol. The number of rotatable bonds is 7. The quantitative estimate of drug-likeness (QED) is 0.804. The maximum Gasteiger partial charge on any atom is 0.0448 e. The van der Waals surface area contributed by atoms with Gasteiger partial charge >= 0.3 is 0 Å². The molecule has 0 aromatic carbocycles. The molecule has 1 aromatic heterocycles. The minimum atomic E-state index is 0.608. The summed E-state index contributed by atoms with van der Waals surface area (Å²) < 4.78 is 0. The fourth-order valence-corrected chi connectivity index (χ4v) is 3.20. The molecule has 1 aliphatic rings. The first-order valence-corrected chi connectivity index (χ1v) is 7.93. The van der Waals surface area contributed by atoms with Crippen molar-refractivity contribution >= 4 is 0 Å². The Morgan fingerprint density at radius 1 is 1.37 bits per heavy atom. The average molecular weight is 260 g/mol. The number of aryl methyl sites for hydroxylation is 1. The summed E-state index contributed by atoms with van der Waals surface area (Å²) >= 11 is 0. The molecule has 2 nitrogen and oxygen atoms in total. The van der Waals surface area contributed by atoms with E-state index in [-0.39, 0.29) is 0 Å². The van der Waals surface area contributed by atoms with Crippen LogP contribution in [0.15, 0.2) is 18.3 Å². The Morgan fingerprint density at radius 2 is 2.16 bits per heavy atom. The second-order valence-corrected chi connectivity index (χ2v) is 6.01. The van der Waals surface area contributed by atoms with E-state index in [1.54, 1.807) is 0 Å². The summed E-state index contributed by atoms with van der Waals surface area (Å²) in [6.07, 6.45) is 11.3. The molecule has 1 fully saturated rings. The Hall–Kier alpha value is -0.890. The van der Waals surface area contributed by atoms with Crippen LogP contribution in [0.2, 0.25) is 0 Å². The zero-order valence-corrected chi connectivity index (χ0v) is 12.5. The topological polar surface area (TPSA) is 24.9 Å². The molecule has 1 aliphatic carbocycles. The van der Waals surface area contributed by atoms with Crippen molar-refractivity contribution in [3.05, 3.63) is 29.6 Å². The van der Waals surface area contributed by atoms with Crippen LogP contribution in [0.4, 0.5) is 0 Å². The molecule has 1 heterocycles. The van der Waals surface area contributed by atoms with E-state index in [0.29, 0.717) is 6.04 Å². The minimum Gasteiger partial charge on any atom is -0.314 e. The van der Waals surface area contributed by atoms with Gasteiger partial charge in [0, 0.05) is 24.4 Å². The molecule has 2 rings (SSSR count). The highest BCUT2D eigenvalue weighted by Gasteiger charge is 2.20. The second-order valence-electron chi connectivity index (χ2n) is 6.01. The molecular weight excluding hydrogens is 232 g/mol. The van der Waals surface area contributed by atoms with Crippen molar-refractivity contribution in [2.45, 2.75) is 64.8 Å². The van der Waals surface area contributed by atoms with Crippen LogP contribution < -0.4 is 5.32 Å². The fourth-order valence-electron chi connectivity index (χ4n) is 3.20. The van der Waals surface area contributed by atoms with Gasteiger partial charge in [-0.25, -0.2) is 0 Å². The zero-order chi connectivity index (χ0) is 13.5. The van der Waals surface area contributed by atoms with E-state index in [1.807, 2.05) is 12.3 Å². The van der Waals surface area contributed by atoms with E-state index < -0.39 is 0 Å². The lowest BCUT2D eigenvalue weighted by atomic mass is 9.94. The number of nitrogens with zero attached hydrogens (tertiary/aromatic N) is 1. The molecule has 19 heavy (non-hydrogen) atoms. The number of pyridine rings is 1. The van der Waals surface area contributed by atoms with Gasteiger partial charge < -0.3 is 5.32 Å². The number of hydrogen-bond acceptors (Lipinski definition) is 2. The Kier molecular flexibility index (Phi) is 5.84. The molecule has 1 N–H and O–H groups in total. The SMILES string of the molecule is CCCNC(Cc1ncccc1C)CC1CCCC1. The third kappa shape index (κ3) is 4.61. The van der Waals surface area contributed by atoms with Gasteiger partial charge in [-0.15, -0.1) is 0 Å². The minimum absolute atomic E-state index is 0.608. The summed E-state index contributed by atoms with van der Waals surface area (Å²) in [5, 5.41) is 3.73. The van der Waals surface area contributed by atoms with Crippen molar-refractivity contribution in [2.24, 2.45) is 5.92 Å². The molecule has 0 spiro atoms. The lowest BCUT2D eigenvalue weighted by Crippen LogP contribution is -2.34. The average Bonchev–Trinajstić information content (AvgIpc) is 2.91. The van der Waals surface area contributed by atoms with Crippen LogP contribution in [0.3, 0.4) is 0 Å². The van der Waals surface area contributed by atoms with Crippen LogP contribution in [0.25, 0.3) is 0 Å². The molecule has 106 valence electrons. The number of hydrogen-bond donors (Lipinski definition) is 1. The first kappa shape index (κ1) is 14.5. The van der Waals surface area contributed by atoms with E-state index in [9.17, 15) is 0 Å². The summed E-state index contributed by atoms with van der Waals surface area (Å²) in [5.74, 6) is 0.943. The maximum absolute atomic E-state index is 4.56. The first-order chi connectivity index (χ1) is 9.29. The van der Waals surface area contributed by atoms with Gasteiger partial charge in [-0.05, 0) is 43.9 Å². The normalized spacial score (nSPS) is 17.8. The lowest BCUT2D eigenvalue weighted by molar-refractivity contribution is 0.382. The summed E-state index contributed by atoms with van der Waals surface area (Å²) in [7, 11) is 0. The standard InChI is InChI=1S/C17H28N2/c1-3-10-18-16(12-15-8-4-5-9-15)13-17-14(2)7-6-11-19-17/h6-7,11,15-16,18H,3-5,8-10,12-13H2,1-2H3. The van der Waals surface area contributed by atoms with E-state index >= 15 is 0 Å². The molecule has 1 aromatic rings. The van der Waals surface area contributed by atoms with Gasteiger partial charge in [-0.1, -0.05) is 38.7 Å². The highest BCUT2D eigenvalue weighted by atomic mass is 14.9. The van der Waals surface area contributed by atoms with Gasteiger partial charge in [0.1, 0.15) is 0 Å². The molecular formula is C17H28N2. The molecule has 1 saturated carbocycles. The molecule has 0 aliphatic heterocycles. The molecule has 0 radical (unpaired) electrons. The van der Waals surface area contributed by atoms with Gasteiger partial charge in [0.15, 0.2) is 0 Å². The third-order valence-corrected chi connectivity index (χ3v) is 4.33. The molecule has 1 atom stereocenters. The van der Waals surface area contributed by atoms with Crippen molar-refractivity contribution < 1.29 is 0 Å². The van der Waals surface area contributed by atoms with Crippen LogP contribution in [-0.2, 0) is 6.42 Å². The van der Waals surface area contributed by atoms with Gasteiger partial charge in [0.05, 0.1) is 0 Å². The van der Waals surface area contributed by atoms with Crippen LogP contribution in [0, 0.1) is 12.8 Å². The monoisotopic (exact) mass is 260 g/mol. The molecule has 0 bridgehead atoms. The van der Waals surface area contributed by atoms with Crippen LogP contribution in [0.5, 0.6) is 0 Å². The van der Waals surface area contributed by atoms with Crippen molar-refractivity contribution in [1.82, 2.24) is 10.3 Å². The van der Waals surface area contributed by atoms with Crippen molar-refractivity contribution in [3.8, 4) is 0 Å². The van der Waals surface area contributed by atoms with E-state index in [0.717, 1.165) is 18.9 Å². The highest BCUT2D eigenvalue weighted by molar-refractivity contribution is 5.18. The smallest absolute Gasteiger partial charge is 0.0448 e. The van der Waals surface area contributed by atoms with Gasteiger partial charge in [-0.2, -0.15) is 0 Å². The lowest BCUT2D eigenvalue weighted by Gasteiger charge is -2.22. The summed E-state index contributed by atoms with van der Waals surface area (Å²) in [5.41, 5.74) is 2.60. The second kappa shape index (κ2) is 7.64. The Balaban J connectivity index is 1.94. The van der Waals surface area contributed by atoms with Gasteiger partial charge in [0.25, 0.3) is 0 Å². The highest BCUT2D eigenvalue weighted by Crippen LogP contribution is 2.29. The summed E-state index contributed by atoms with van der Waals surface area (Å²) in [6.45, 7) is 5.55. The van der Waals surface area contributed by atoms with E-state index in [1.165, 1.54) is 49.8 Å². The fraction of sp³-hybridized carbons (Fsp3) is 0.706. The molecule has 2 heteroatoms. The largest absolute Gasteiger partial charge is 0.314 e.